The number of anilines is 1. The third-order valence-electron chi connectivity index (χ3n) is 5.66. The predicted octanol–water partition coefficient (Wildman–Crippen LogP) is 5.49. The fourth-order valence-electron chi connectivity index (χ4n) is 3.59. The van der Waals surface area contributed by atoms with E-state index in [4.69, 9.17) is 4.74 Å². The summed E-state index contributed by atoms with van der Waals surface area (Å²) in [5.41, 5.74) is 2.59. The van der Waals surface area contributed by atoms with Gasteiger partial charge in [0.25, 0.3) is 5.91 Å². The molecule has 2 amide bonds. The largest absolute Gasteiger partial charge is 0.466 e. The van der Waals surface area contributed by atoms with Crippen LogP contribution in [-0.4, -0.2) is 30.4 Å². The Hall–Kier alpha value is -3.48. The maximum absolute atomic E-state index is 13.4. The van der Waals surface area contributed by atoms with Crippen LogP contribution in [-0.2, 0) is 19.1 Å². The van der Waals surface area contributed by atoms with Crippen LogP contribution in [0.3, 0.4) is 0 Å². The second kappa shape index (κ2) is 13.4. The van der Waals surface area contributed by atoms with E-state index in [2.05, 4.69) is 10.6 Å². The number of benzene rings is 2. The first kappa shape index (κ1) is 26.1. The molecule has 0 bridgehead atoms. The van der Waals surface area contributed by atoms with Crippen molar-refractivity contribution >= 4 is 35.1 Å². The first-order valence-corrected chi connectivity index (χ1v) is 12.3. The normalized spacial score (nSPS) is 13.3. The quantitative estimate of drug-likeness (QED) is 0.172. The maximum Gasteiger partial charge on any atom is 0.305 e. The number of amides is 2. The van der Waals surface area contributed by atoms with Crippen LogP contribution in [0.2, 0.25) is 0 Å². The molecule has 1 aliphatic rings. The third-order valence-corrected chi connectivity index (χ3v) is 5.66. The molecule has 0 radical (unpaired) electrons. The molecular weight excluding hydrogens is 447 g/mol. The van der Waals surface area contributed by atoms with E-state index in [9.17, 15) is 18.8 Å². The molecule has 0 unspecified atom stereocenters. The Morgan fingerprint density at radius 3 is 2.23 bits per heavy atom. The Bertz CT molecular complexity index is 1030. The minimum atomic E-state index is -0.354. The highest BCUT2D eigenvalue weighted by Crippen LogP contribution is 2.24. The number of nitrogens with one attached hydrogen (secondary N) is 2. The summed E-state index contributed by atoms with van der Waals surface area (Å²) in [4.78, 5) is 36.3. The standard InChI is InChI=1S/C28H33FN2O4/c1-2-35-27(33)8-6-4-3-5-7-26(32)30-23-15-9-20(10-16-23)19-25(28(34)31-24-17-18-24)21-11-13-22(29)14-12-21/h9-16,19,24H,2-8,17-18H2,1H3,(H,30,32)(H,31,34). The molecule has 0 aromatic heterocycles. The van der Waals surface area contributed by atoms with Crippen molar-refractivity contribution < 1.29 is 23.5 Å². The number of esters is 1. The summed E-state index contributed by atoms with van der Waals surface area (Å²) in [5, 5.41) is 5.88. The van der Waals surface area contributed by atoms with Crippen LogP contribution in [0.25, 0.3) is 11.6 Å². The van der Waals surface area contributed by atoms with Crippen molar-refractivity contribution in [3.05, 3.63) is 65.5 Å². The number of hydrogen-bond donors (Lipinski definition) is 2. The molecule has 0 spiro atoms. The molecule has 1 fully saturated rings. The van der Waals surface area contributed by atoms with Gasteiger partial charge in [0.1, 0.15) is 5.82 Å². The van der Waals surface area contributed by atoms with Crippen molar-refractivity contribution in [1.82, 2.24) is 5.32 Å². The number of halogens is 1. The summed E-state index contributed by atoms with van der Waals surface area (Å²) in [6.45, 7) is 2.20. The average molecular weight is 481 g/mol. The molecule has 6 nitrogen and oxygen atoms in total. The van der Waals surface area contributed by atoms with Gasteiger partial charge in [-0.05, 0) is 74.1 Å². The number of carbonyl (C=O) groups excluding carboxylic acids is 3. The van der Waals surface area contributed by atoms with Gasteiger partial charge >= 0.3 is 5.97 Å². The summed E-state index contributed by atoms with van der Waals surface area (Å²) in [6.07, 6.45) is 7.86. The van der Waals surface area contributed by atoms with E-state index in [-0.39, 0.29) is 29.6 Å². The van der Waals surface area contributed by atoms with Crippen molar-refractivity contribution in [2.24, 2.45) is 0 Å². The topological polar surface area (TPSA) is 84.5 Å². The minimum Gasteiger partial charge on any atom is -0.466 e. The lowest BCUT2D eigenvalue weighted by molar-refractivity contribution is -0.143. The van der Waals surface area contributed by atoms with Gasteiger partial charge in [-0.3, -0.25) is 14.4 Å². The summed E-state index contributed by atoms with van der Waals surface area (Å²) in [6, 6.07) is 13.3. The van der Waals surface area contributed by atoms with Gasteiger partial charge in [0.15, 0.2) is 0 Å². The molecule has 2 N–H and O–H groups in total. The Morgan fingerprint density at radius 1 is 0.943 bits per heavy atom. The number of carbonyl (C=O) groups is 3. The molecule has 35 heavy (non-hydrogen) atoms. The van der Waals surface area contributed by atoms with Crippen molar-refractivity contribution in [3.63, 3.8) is 0 Å². The van der Waals surface area contributed by atoms with E-state index in [1.807, 2.05) is 12.1 Å². The molecule has 3 rings (SSSR count). The average Bonchev–Trinajstić information content (AvgIpc) is 3.65. The van der Waals surface area contributed by atoms with Crippen LogP contribution in [0.4, 0.5) is 10.1 Å². The molecule has 0 saturated heterocycles. The highest BCUT2D eigenvalue weighted by atomic mass is 19.1. The van der Waals surface area contributed by atoms with E-state index < -0.39 is 0 Å². The maximum atomic E-state index is 13.4. The first-order chi connectivity index (χ1) is 16.9. The zero-order valence-corrected chi connectivity index (χ0v) is 20.1. The van der Waals surface area contributed by atoms with Crippen LogP contribution >= 0.6 is 0 Å². The summed E-state index contributed by atoms with van der Waals surface area (Å²) >= 11 is 0. The van der Waals surface area contributed by atoms with Gasteiger partial charge in [0.2, 0.25) is 5.91 Å². The second-order valence-corrected chi connectivity index (χ2v) is 8.70. The van der Waals surface area contributed by atoms with E-state index in [1.165, 1.54) is 12.1 Å². The Morgan fingerprint density at radius 2 is 1.60 bits per heavy atom. The fourth-order valence-corrected chi connectivity index (χ4v) is 3.59. The monoisotopic (exact) mass is 480 g/mol. The van der Waals surface area contributed by atoms with Gasteiger partial charge in [0.05, 0.1) is 6.61 Å². The number of ether oxygens (including phenoxy) is 1. The van der Waals surface area contributed by atoms with E-state index in [0.29, 0.717) is 36.3 Å². The zero-order valence-electron chi connectivity index (χ0n) is 20.1. The fraction of sp³-hybridized carbons (Fsp3) is 0.393. The number of hydrogen-bond acceptors (Lipinski definition) is 4. The summed E-state index contributed by atoms with van der Waals surface area (Å²) < 4.78 is 18.3. The molecule has 1 saturated carbocycles. The summed E-state index contributed by atoms with van der Waals surface area (Å²) in [7, 11) is 0. The van der Waals surface area contributed by atoms with E-state index in [1.54, 1.807) is 37.3 Å². The van der Waals surface area contributed by atoms with Crippen molar-refractivity contribution in [1.29, 1.82) is 0 Å². The molecule has 0 aliphatic heterocycles. The molecule has 0 atom stereocenters. The lowest BCUT2D eigenvalue weighted by Gasteiger charge is -2.10. The van der Waals surface area contributed by atoms with E-state index >= 15 is 0 Å². The Kier molecular flexibility index (Phi) is 10.0. The van der Waals surface area contributed by atoms with Crippen LogP contribution < -0.4 is 10.6 Å². The second-order valence-electron chi connectivity index (χ2n) is 8.70. The highest BCUT2D eigenvalue weighted by Gasteiger charge is 2.25. The SMILES string of the molecule is CCOC(=O)CCCCCCC(=O)Nc1ccc(C=C(C(=O)NC2CC2)c2ccc(F)cc2)cc1. The first-order valence-electron chi connectivity index (χ1n) is 12.3. The van der Waals surface area contributed by atoms with Gasteiger partial charge in [0, 0.05) is 30.1 Å². The third kappa shape index (κ3) is 9.35. The number of unbranched alkanes of at least 4 members (excludes halogenated alkanes) is 3. The number of rotatable bonds is 13. The molecule has 186 valence electrons. The van der Waals surface area contributed by atoms with Crippen molar-refractivity contribution in [2.45, 2.75) is 64.3 Å². The molecule has 7 heteroatoms. The highest BCUT2D eigenvalue weighted by molar-refractivity contribution is 6.24. The van der Waals surface area contributed by atoms with Gasteiger partial charge in [-0.1, -0.05) is 37.1 Å². The smallest absolute Gasteiger partial charge is 0.305 e. The van der Waals surface area contributed by atoms with Crippen molar-refractivity contribution in [2.75, 3.05) is 11.9 Å². The lowest BCUT2D eigenvalue weighted by atomic mass is 10.0. The van der Waals surface area contributed by atoms with Gasteiger partial charge in [-0.15, -0.1) is 0 Å². The van der Waals surface area contributed by atoms with E-state index in [0.717, 1.165) is 44.1 Å². The van der Waals surface area contributed by atoms with Gasteiger partial charge < -0.3 is 15.4 Å². The van der Waals surface area contributed by atoms with Crippen LogP contribution in [0, 0.1) is 5.82 Å². The Labute approximate surface area is 205 Å². The zero-order chi connectivity index (χ0) is 25.0. The van der Waals surface area contributed by atoms with Crippen LogP contribution in [0.1, 0.15) is 69.4 Å². The minimum absolute atomic E-state index is 0.0607. The van der Waals surface area contributed by atoms with Gasteiger partial charge in [-0.25, -0.2) is 4.39 Å². The van der Waals surface area contributed by atoms with Crippen LogP contribution in [0.15, 0.2) is 48.5 Å². The molecular formula is C28H33FN2O4. The lowest BCUT2D eigenvalue weighted by Crippen LogP contribution is -2.26. The van der Waals surface area contributed by atoms with Gasteiger partial charge in [-0.2, -0.15) is 0 Å². The predicted molar refractivity (Wildman–Crippen MR) is 135 cm³/mol. The van der Waals surface area contributed by atoms with Crippen LogP contribution in [0.5, 0.6) is 0 Å². The molecule has 2 aromatic rings. The molecule has 1 aliphatic carbocycles. The van der Waals surface area contributed by atoms with Crippen molar-refractivity contribution in [3.8, 4) is 0 Å². The molecule has 2 aromatic carbocycles. The summed E-state index contributed by atoms with van der Waals surface area (Å²) in [5.74, 6) is -0.766. The Balaban J connectivity index is 1.50. The molecule has 0 heterocycles.